The Balaban J connectivity index is 2.25. The highest BCUT2D eigenvalue weighted by Crippen LogP contribution is 2.09. The quantitative estimate of drug-likeness (QED) is 0.531. The van der Waals surface area contributed by atoms with Crippen molar-refractivity contribution in [2.45, 2.75) is 40.2 Å². The van der Waals surface area contributed by atoms with E-state index in [9.17, 15) is 4.79 Å². The molecule has 1 heterocycles. The highest BCUT2D eigenvalue weighted by molar-refractivity contribution is 5.71. The van der Waals surface area contributed by atoms with Crippen LogP contribution in [0.4, 0.5) is 0 Å². The Labute approximate surface area is 127 Å². The topological polar surface area (TPSA) is 60.5 Å². The lowest BCUT2D eigenvalue weighted by Gasteiger charge is -2.08. The monoisotopic (exact) mass is 294 g/mol. The van der Waals surface area contributed by atoms with Crippen LogP contribution in [0.2, 0.25) is 0 Å². The zero-order valence-electron chi connectivity index (χ0n) is 13.2. The second kappa shape index (κ2) is 10.2. The predicted molar refractivity (Wildman–Crippen MR) is 82.1 cm³/mol. The number of hydrogen-bond acceptors (Lipinski definition) is 5. The van der Waals surface area contributed by atoms with Gasteiger partial charge in [-0.05, 0) is 31.0 Å². The Morgan fingerprint density at radius 1 is 1.38 bits per heavy atom. The zero-order chi connectivity index (χ0) is 15.5. The minimum atomic E-state index is -0.342. The van der Waals surface area contributed by atoms with Crippen molar-refractivity contribution in [3.05, 3.63) is 24.0 Å². The number of pyridine rings is 1. The number of aromatic nitrogens is 1. The van der Waals surface area contributed by atoms with Gasteiger partial charge in [0.05, 0.1) is 18.5 Å². The van der Waals surface area contributed by atoms with Crippen LogP contribution in [0.5, 0.6) is 5.75 Å². The molecule has 0 unspecified atom stereocenters. The average molecular weight is 294 g/mol. The fourth-order valence-electron chi connectivity index (χ4n) is 1.60. The van der Waals surface area contributed by atoms with Gasteiger partial charge in [0.15, 0.2) is 6.61 Å². The van der Waals surface area contributed by atoms with E-state index in [1.54, 1.807) is 6.20 Å². The molecule has 0 aromatic carbocycles. The van der Waals surface area contributed by atoms with E-state index < -0.39 is 0 Å². The molecule has 1 rings (SSSR count). The first kappa shape index (κ1) is 17.4. The molecule has 0 aliphatic carbocycles. The normalized spacial score (nSPS) is 10.7. The Morgan fingerprint density at radius 3 is 2.81 bits per heavy atom. The Kier molecular flexibility index (Phi) is 8.43. The summed E-state index contributed by atoms with van der Waals surface area (Å²) in [6.07, 6.45) is 3.52. The van der Waals surface area contributed by atoms with Gasteiger partial charge in [0.1, 0.15) is 5.75 Å². The van der Waals surface area contributed by atoms with Crippen LogP contribution in [0.25, 0.3) is 0 Å². The highest BCUT2D eigenvalue weighted by atomic mass is 16.6. The van der Waals surface area contributed by atoms with Gasteiger partial charge in [0.2, 0.25) is 0 Å². The van der Waals surface area contributed by atoms with Gasteiger partial charge in [-0.25, -0.2) is 4.79 Å². The molecule has 0 amide bonds. The van der Waals surface area contributed by atoms with Crippen molar-refractivity contribution in [2.75, 3.05) is 19.8 Å². The third kappa shape index (κ3) is 8.30. The molecule has 1 N–H and O–H groups in total. The molecule has 0 aliphatic rings. The van der Waals surface area contributed by atoms with Crippen molar-refractivity contribution in [2.24, 2.45) is 5.92 Å². The van der Waals surface area contributed by atoms with Gasteiger partial charge in [-0.15, -0.1) is 0 Å². The molecule has 5 nitrogen and oxygen atoms in total. The number of carbonyl (C=O) groups is 1. The third-order valence-corrected chi connectivity index (χ3v) is 2.77. The molecule has 0 fully saturated rings. The van der Waals surface area contributed by atoms with E-state index in [-0.39, 0.29) is 12.6 Å². The lowest BCUT2D eigenvalue weighted by Crippen LogP contribution is -2.19. The Bertz CT molecular complexity index is 404. The van der Waals surface area contributed by atoms with E-state index >= 15 is 0 Å². The van der Waals surface area contributed by atoms with E-state index in [0.717, 1.165) is 31.6 Å². The summed E-state index contributed by atoms with van der Waals surface area (Å²) >= 11 is 0. The maximum absolute atomic E-state index is 11.4. The second-order valence-electron chi connectivity index (χ2n) is 5.37. The second-order valence-corrected chi connectivity index (χ2v) is 5.37. The molecule has 0 spiro atoms. The number of rotatable bonds is 10. The molecular formula is C16H26N2O3. The van der Waals surface area contributed by atoms with Crippen molar-refractivity contribution < 1.29 is 14.3 Å². The molecule has 118 valence electrons. The van der Waals surface area contributed by atoms with Gasteiger partial charge in [0, 0.05) is 6.54 Å². The lowest BCUT2D eigenvalue weighted by molar-refractivity contribution is -0.146. The van der Waals surface area contributed by atoms with Crippen molar-refractivity contribution in [1.82, 2.24) is 10.3 Å². The highest BCUT2D eigenvalue weighted by Gasteiger charge is 2.04. The predicted octanol–water partition coefficient (Wildman–Crippen LogP) is 2.55. The number of esters is 1. The first-order valence-corrected chi connectivity index (χ1v) is 7.56. The summed E-state index contributed by atoms with van der Waals surface area (Å²) in [6.45, 7) is 8.45. The maximum Gasteiger partial charge on any atom is 0.344 e. The summed E-state index contributed by atoms with van der Waals surface area (Å²) in [6, 6.07) is 3.71. The third-order valence-electron chi connectivity index (χ3n) is 2.77. The minimum Gasteiger partial charge on any atom is -0.480 e. The van der Waals surface area contributed by atoms with Gasteiger partial charge in [-0.3, -0.25) is 4.98 Å². The van der Waals surface area contributed by atoms with E-state index in [4.69, 9.17) is 9.47 Å². The zero-order valence-corrected chi connectivity index (χ0v) is 13.2. The first-order valence-electron chi connectivity index (χ1n) is 7.56. The molecule has 1 aromatic heterocycles. The molecule has 0 aliphatic heterocycles. The van der Waals surface area contributed by atoms with E-state index in [2.05, 4.69) is 24.1 Å². The van der Waals surface area contributed by atoms with Gasteiger partial charge in [-0.2, -0.15) is 0 Å². The lowest BCUT2D eigenvalue weighted by atomic mass is 10.2. The van der Waals surface area contributed by atoms with E-state index in [1.165, 1.54) is 0 Å². The van der Waals surface area contributed by atoms with Crippen LogP contribution in [0.15, 0.2) is 18.3 Å². The number of nitrogens with one attached hydrogen (secondary N) is 1. The first-order chi connectivity index (χ1) is 10.1. The minimum absolute atomic E-state index is 0.0731. The van der Waals surface area contributed by atoms with Gasteiger partial charge in [-0.1, -0.05) is 27.2 Å². The van der Waals surface area contributed by atoms with Gasteiger partial charge < -0.3 is 14.8 Å². The number of ether oxygens (including phenoxy) is 2. The summed E-state index contributed by atoms with van der Waals surface area (Å²) in [7, 11) is 0. The van der Waals surface area contributed by atoms with Gasteiger partial charge >= 0.3 is 5.97 Å². The fraction of sp³-hybridized carbons (Fsp3) is 0.625. The summed E-state index contributed by atoms with van der Waals surface area (Å²) in [4.78, 5) is 15.7. The molecular weight excluding hydrogens is 268 g/mol. The standard InChI is InChI=1S/C16H26N2O3/c1-4-5-8-20-16(19)12-21-15-7-6-14(18-11-15)10-17-9-13(2)3/h6-7,11,13,17H,4-5,8-10,12H2,1-3H3. The molecule has 0 atom stereocenters. The summed E-state index contributed by atoms with van der Waals surface area (Å²) in [5.41, 5.74) is 0.952. The summed E-state index contributed by atoms with van der Waals surface area (Å²) in [5, 5.41) is 3.32. The summed E-state index contributed by atoms with van der Waals surface area (Å²) < 4.78 is 10.3. The van der Waals surface area contributed by atoms with Crippen LogP contribution in [0, 0.1) is 5.92 Å². The van der Waals surface area contributed by atoms with E-state index in [1.807, 2.05) is 19.1 Å². The number of unbranched alkanes of at least 4 members (excludes halogenated alkanes) is 1. The van der Waals surface area contributed by atoms with Crippen LogP contribution < -0.4 is 10.1 Å². The van der Waals surface area contributed by atoms with Crippen LogP contribution >= 0.6 is 0 Å². The summed E-state index contributed by atoms with van der Waals surface area (Å²) in [5.74, 6) is 0.854. The van der Waals surface area contributed by atoms with Crippen LogP contribution in [-0.4, -0.2) is 30.7 Å². The maximum atomic E-state index is 11.4. The SMILES string of the molecule is CCCCOC(=O)COc1ccc(CNCC(C)C)nc1. The smallest absolute Gasteiger partial charge is 0.344 e. The van der Waals surface area contributed by atoms with Crippen molar-refractivity contribution in [1.29, 1.82) is 0 Å². The molecule has 21 heavy (non-hydrogen) atoms. The number of hydrogen-bond donors (Lipinski definition) is 1. The number of carbonyl (C=O) groups excluding carboxylic acids is 1. The molecule has 0 bridgehead atoms. The Morgan fingerprint density at radius 2 is 2.19 bits per heavy atom. The van der Waals surface area contributed by atoms with E-state index in [0.29, 0.717) is 18.3 Å². The molecule has 5 heteroatoms. The fourth-order valence-corrected chi connectivity index (χ4v) is 1.60. The largest absolute Gasteiger partial charge is 0.480 e. The average Bonchev–Trinajstić information content (AvgIpc) is 2.46. The van der Waals surface area contributed by atoms with Gasteiger partial charge in [0.25, 0.3) is 0 Å². The Hall–Kier alpha value is -1.62. The molecule has 0 saturated carbocycles. The van der Waals surface area contributed by atoms with Crippen molar-refractivity contribution in [3.8, 4) is 5.75 Å². The van der Waals surface area contributed by atoms with Crippen LogP contribution in [0.1, 0.15) is 39.3 Å². The molecule has 0 saturated heterocycles. The van der Waals surface area contributed by atoms with Crippen LogP contribution in [0.3, 0.4) is 0 Å². The number of nitrogens with zero attached hydrogens (tertiary/aromatic N) is 1. The van der Waals surface area contributed by atoms with Crippen molar-refractivity contribution in [3.63, 3.8) is 0 Å². The van der Waals surface area contributed by atoms with Crippen molar-refractivity contribution >= 4 is 5.97 Å². The molecule has 0 radical (unpaired) electrons. The van der Waals surface area contributed by atoms with Crippen LogP contribution in [-0.2, 0) is 16.1 Å². The molecule has 1 aromatic rings.